The maximum Gasteiger partial charge on any atom is 0.326 e. The van der Waals surface area contributed by atoms with Gasteiger partial charge in [-0.15, -0.1) is 0 Å². The maximum absolute atomic E-state index is 11.9. The quantitative estimate of drug-likeness (QED) is 0.683. The molecular formula is C12H18N2O5. The predicted octanol–water partition coefficient (Wildman–Crippen LogP) is 0.356. The number of hydrogen-bond acceptors (Lipinski definition) is 3. The van der Waals surface area contributed by atoms with Crippen molar-refractivity contribution in [2.24, 2.45) is 11.8 Å². The maximum atomic E-state index is 11.9. The minimum atomic E-state index is -1.37. The highest BCUT2D eigenvalue weighted by Gasteiger charge is 2.38. The number of carboxylic acid groups (broad SMARTS) is 2. The molecule has 3 atom stereocenters. The molecule has 1 saturated carbocycles. The van der Waals surface area contributed by atoms with Crippen molar-refractivity contribution in [3.63, 3.8) is 0 Å². The van der Waals surface area contributed by atoms with Gasteiger partial charge in [0.25, 0.3) is 0 Å². The van der Waals surface area contributed by atoms with Crippen molar-refractivity contribution in [1.82, 2.24) is 10.2 Å². The normalized spacial score (nSPS) is 26.8. The molecule has 0 aromatic heterocycles. The van der Waals surface area contributed by atoms with Gasteiger partial charge < -0.3 is 20.4 Å². The van der Waals surface area contributed by atoms with Gasteiger partial charge in [-0.1, -0.05) is 6.42 Å². The first-order valence-electron chi connectivity index (χ1n) is 6.47. The van der Waals surface area contributed by atoms with Crippen LogP contribution >= 0.6 is 0 Å². The second kappa shape index (κ2) is 5.46. The molecule has 1 saturated heterocycles. The van der Waals surface area contributed by atoms with Crippen LogP contribution in [-0.2, 0) is 9.59 Å². The highest BCUT2D eigenvalue weighted by Crippen LogP contribution is 2.37. The van der Waals surface area contributed by atoms with E-state index in [1.807, 2.05) is 0 Å². The van der Waals surface area contributed by atoms with Crippen LogP contribution in [0.3, 0.4) is 0 Å². The van der Waals surface area contributed by atoms with Gasteiger partial charge in [0.1, 0.15) is 6.04 Å². The zero-order valence-electron chi connectivity index (χ0n) is 10.5. The van der Waals surface area contributed by atoms with E-state index >= 15 is 0 Å². The van der Waals surface area contributed by atoms with Crippen molar-refractivity contribution in [3.8, 4) is 0 Å². The summed E-state index contributed by atoms with van der Waals surface area (Å²) in [5, 5.41) is 19.8. The number of nitrogens with one attached hydrogen (secondary N) is 1. The van der Waals surface area contributed by atoms with E-state index in [-0.39, 0.29) is 0 Å². The van der Waals surface area contributed by atoms with Gasteiger partial charge in [-0.2, -0.15) is 0 Å². The number of likely N-dealkylation sites (tertiary alicyclic amines) is 1. The lowest BCUT2D eigenvalue weighted by atomic mass is 10.0. The average Bonchev–Trinajstić information content (AvgIpc) is 2.86. The summed E-state index contributed by atoms with van der Waals surface area (Å²) in [4.78, 5) is 35.0. The van der Waals surface area contributed by atoms with Gasteiger partial charge in [0, 0.05) is 13.1 Å². The number of amides is 2. The minimum absolute atomic E-state index is 0.469. The van der Waals surface area contributed by atoms with E-state index < -0.39 is 30.4 Å². The predicted molar refractivity (Wildman–Crippen MR) is 64.6 cm³/mol. The van der Waals surface area contributed by atoms with Crippen LogP contribution in [0.25, 0.3) is 0 Å². The molecule has 7 heteroatoms. The molecule has 0 radical (unpaired) electrons. The summed E-state index contributed by atoms with van der Waals surface area (Å²) in [7, 11) is 0. The fraction of sp³-hybridized carbons (Fsp3) is 0.750. The van der Waals surface area contributed by atoms with Crippen molar-refractivity contribution in [3.05, 3.63) is 0 Å². The van der Waals surface area contributed by atoms with E-state index in [4.69, 9.17) is 10.2 Å². The largest absolute Gasteiger partial charge is 0.481 e. The lowest BCUT2D eigenvalue weighted by Crippen LogP contribution is -2.48. The van der Waals surface area contributed by atoms with E-state index in [1.165, 1.54) is 6.42 Å². The lowest BCUT2D eigenvalue weighted by Gasteiger charge is -2.20. The van der Waals surface area contributed by atoms with E-state index in [2.05, 4.69) is 5.32 Å². The van der Waals surface area contributed by atoms with Crippen molar-refractivity contribution in [2.45, 2.75) is 31.7 Å². The van der Waals surface area contributed by atoms with Gasteiger partial charge in [-0.25, -0.2) is 9.59 Å². The topological polar surface area (TPSA) is 107 Å². The Morgan fingerprint density at radius 1 is 1.16 bits per heavy atom. The first-order chi connectivity index (χ1) is 8.97. The molecule has 3 N–H and O–H groups in total. The molecule has 2 amide bonds. The van der Waals surface area contributed by atoms with Crippen LogP contribution in [0.1, 0.15) is 25.7 Å². The highest BCUT2D eigenvalue weighted by atomic mass is 16.4. The molecule has 1 aliphatic heterocycles. The van der Waals surface area contributed by atoms with E-state index in [0.717, 1.165) is 12.8 Å². The van der Waals surface area contributed by atoms with Crippen LogP contribution < -0.4 is 5.32 Å². The molecule has 0 spiro atoms. The number of aliphatic carboxylic acids is 2. The van der Waals surface area contributed by atoms with Crippen molar-refractivity contribution >= 4 is 18.0 Å². The van der Waals surface area contributed by atoms with Gasteiger partial charge in [-0.3, -0.25) is 4.79 Å². The van der Waals surface area contributed by atoms with Crippen molar-refractivity contribution < 1.29 is 24.6 Å². The molecule has 1 heterocycles. The fourth-order valence-electron chi connectivity index (χ4n) is 3.02. The Labute approximate surface area is 110 Å². The molecule has 106 valence electrons. The smallest absolute Gasteiger partial charge is 0.326 e. The van der Waals surface area contributed by atoms with Crippen LogP contribution in [0.2, 0.25) is 0 Å². The Morgan fingerprint density at radius 2 is 1.74 bits per heavy atom. The van der Waals surface area contributed by atoms with Crippen molar-refractivity contribution in [1.29, 1.82) is 0 Å². The monoisotopic (exact) mass is 270 g/mol. The third-order valence-corrected chi connectivity index (χ3v) is 3.99. The summed E-state index contributed by atoms with van der Waals surface area (Å²) in [6, 6.07) is -1.84. The third kappa shape index (κ3) is 3.15. The number of carboxylic acids is 2. The minimum Gasteiger partial charge on any atom is -0.481 e. The van der Waals surface area contributed by atoms with Crippen LogP contribution in [0.4, 0.5) is 4.79 Å². The lowest BCUT2D eigenvalue weighted by molar-refractivity contribution is -0.145. The number of hydrogen-bond donors (Lipinski definition) is 3. The summed E-state index contributed by atoms with van der Waals surface area (Å²) in [5.74, 6) is -1.52. The van der Waals surface area contributed by atoms with Crippen LogP contribution in [0.15, 0.2) is 0 Å². The number of rotatable bonds is 4. The van der Waals surface area contributed by atoms with Gasteiger partial charge in [0.05, 0.1) is 6.42 Å². The number of nitrogens with zero attached hydrogens (tertiary/aromatic N) is 1. The van der Waals surface area contributed by atoms with Gasteiger partial charge in [0.15, 0.2) is 0 Å². The number of carbonyl (C=O) groups excluding carboxylic acids is 1. The average molecular weight is 270 g/mol. The zero-order valence-corrected chi connectivity index (χ0v) is 10.5. The fourth-order valence-corrected chi connectivity index (χ4v) is 3.02. The molecule has 7 nitrogen and oxygen atoms in total. The van der Waals surface area contributed by atoms with E-state index in [9.17, 15) is 14.4 Å². The van der Waals surface area contributed by atoms with Gasteiger partial charge >= 0.3 is 18.0 Å². The van der Waals surface area contributed by atoms with Crippen molar-refractivity contribution in [2.75, 3.05) is 13.1 Å². The summed E-state index contributed by atoms with van der Waals surface area (Å²) in [6.45, 7) is 1.30. The Kier molecular flexibility index (Phi) is 3.92. The molecule has 2 rings (SSSR count). The Balaban J connectivity index is 1.89. The first kappa shape index (κ1) is 13.6. The molecule has 2 fully saturated rings. The Bertz CT molecular complexity index is 386. The standard InChI is InChI=1S/C12H18N2O5/c15-10(16)4-9(11(17)18)13-12(19)14-5-7-2-1-3-8(7)6-14/h7-9H,1-6H2,(H,13,19)(H,15,16)(H,17,18)/t7?,8?,9-/m1/s1. The third-order valence-electron chi connectivity index (χ3n) is 3.99. The summed E-state index contributed by atoms with van der Waals surface area (Å²) in [6.07, 6.45) is 2.82. The molecule has 19 heavy (non-hydrogen) atoms. The summed E-state index contributed by atoms with van der Waals surface area (Å²) >= 11 is 0. The molecule has 1 aliphatic carbocycles. The van der Waals surface area contributed by atoms with Crippen LogP contribution in [0.5, 0.6) is 0 Å². The molecule has 2 unspecified atom stereocenters. The van der Waals surface area contributed by atoms with Gasteiger partial charge in [0.2, 0.25) is 0 Å². The second-order valence-corrected chi connectivity index (χ2v) is 5.29. The van der Waals surface area contributed by atoms with Crippen LogP contribution in [0, 0.1) is 11.8 Å². The molecular weight excluding hydrogens is 252 g/mol. The number of urea groups is 1. The van der Waals surface area contributed by atoms with Crippen LogP contribution in [-0.4, -0.2) is 52.2 Å². The molecule has 0 bridgehead atoms. The molecule has 2 aliphatic rings. The first-order valence-corrected chi connectivity index (χ1v) is 6.47. The highest BCUT2D eigenvalue weighted by molar-refractivity contribution is 5.86. The second-order valence-electron chi connectivity index (χ2n) is 5.29. The summed E-state index contributed by atoms with van der Waals surface area (Å²) < 4.78 is 0. The number of fused-ring (bicyclic) bond motifs is 1. The van der Waals surface area contributed by atoms with E-state index in [0.29, 0.717) is 24.9 Å². The summed E-state index contributed by atoms with van der Waals surface area (Å²) in [5.41, 5.74) is 0. The Hall–Kier alpha value is -1.79. The zero-order chi connectivity index (χ0) is 14.0. The van der Waals surface area contributed by atoms with Gasteiger partial charge in [-0.05, 0) is 24.7 Å². The molecule has 0 aromatic carbocycles. The Morgan fingerprint density at radius 3 is 2.21 bits per heavy atom. The van der Waals surface area contributed by atoms with E-state index in [1.54, 1.807) is 4.90 Å². The number of carbonyl (C=O) groups is 3. The molecule has 0 aromatic rings. The SMILES string of the molecule is O=C(O)C[C@@H](NC(=O)N1CC2CCCC2C1)C(=O)O.